The molecule has 0 saturated heterocycles. The van der Waals surface area contributed by atoms with Crippen molar-refractivity contribution in [3.8, 4) is 17.2 Å². The molecule has 0 spiro atoms. The van der Waals surface area contributed by atoms with Gasteiger partial charge in [0.1, 0.15) is 28.8 Å². The van der Waals surface area contributed by atoms with Crippen LogP contribution in [0.25, 0.3) is 0 Å². The molecule has 0 atom stereocenters. The Morgan fingerprint density at radius 2 is 0.893 bits per heavy atom. The van der Waals surface area contributed by atoms with Crippen LogP contribution in [0.1, 0.15) is 77.5 Å². The number of carbonyl (C=O) groups is 5. The van der Waals surface area contributed by atoms with E-state index in [0.717, 1.165) is 12.2 Å². The predicted octanol–water partition coefficient (Wildman–Crippen LogP) is 8.70. The van der Waals surface area contributed by atoms with Gasteiger partial charge in [-0.2, -0.15) is 0 Å². The molecule has 296 valence electrons. The molecular weight excluding hydrogens is 720 g/mol. The first-order valence-electron chi connectivity index (χ1n) is 17.9. The lowest BCUT2D eigenvalue weighted by atomic mass is 10.2. The fourth-order valence-corrected chi connectivity index (χ4v) is 4.20. The number of ether oxygens (including phenoxy) is 7. The molecule has 0 bridgehead atoms. The Balaban J connectivity index is 0.00000532. The van der Waals surface area contributed by atoms with E-state index in [9.17, 15) is 24.0 Å². The molecule has 0 heterocycles. The number of esters is 5. The summed E-state index contributed by atoms with van der Waals surface area (Å²) in [4.78, 5) is 60.1. The Kier molecular flexibility index (Phi) is 21.2. The van der Waals surface area contributed by atoms with Crippen LogP contribution in [0, 0.1) is 0 Å². The van der Waals surface area contributed by atoms with E-state index in [1.165, 1.54) is 42.5 Å². The second-order valence-electron chi connectivity index (χ2n) is 11.1. The van der Waals surface area contributed by atoms with Crippen molar-refractivity contribution < 1.29 is 57.1 Å². The van der Waals surface area contributed by atoms with Crippen LogP contribution in [0.5, 0.6) is 17.2 Å². The van der Waals surface area contributed by atoms with Gasteiger partial charge in [0.25, 0.3) is 0 Å². The van der Waals surface area contributed by atoms with Gasteiger partial charge < -0.3 is 33.2 Å². The van der Waals surface area contributed by atoms with Crippen LogP contribution in [0.15, 0.2) is 134 Å². The van der Waals surface area contributed by atoms with Gasteiger partial charge in [-0.1, -0.05) is 33.6 Å². The van der Waals surface area contributed by atoms with Crippen LogP contribution in [-0.2, 0) is 28.5 Å². The quantitative estimate of drug-likeness (QED) is 0.0183. The SMILES string of the molecule is C=CC(=O)OCCCCOc1ccc(C(=O)O/C(C=C)=C/C=C(\C)OC(=O)c2ccc(OC(=O)c3ccc(OCCCCOC(=O)C=C)cc3)cc2)cc1.CC. The molecule has 12 nitrogen and oxygen atoms in total. The summed E-state index contributed by atoms with van der Waals surface area (Å²) in [6.45, 7) is 17.3. The second-order valence-corrected chi connectivity index (χ2v) is 11.1. The van der Waals surface area contributed by atoms with Gasteiger partial charge in [-0.15, -0.1) is 0 Å². The van der Waals surface area contributed by atoms with E-state index < -0.39 is 29.8 Å². The normalized spacial score (nSPS) is 10.7. The largest absolute Gasteiger partial charge is 0.494 e. The maximum atomic E-state index is 12.7. The van der Waals surface area contributed by atoms with Gasteiger partial charge in [0.15, 0.2) is 0 Å². The fraction of sp³-hybridized carbons (Fsp3) is 0.250. The van der Waals surface area contributed by atoms with Crippen LogP contribution in [0.2, 0.25) is 0 Å². The second kappa shape index (κ2) is 26.1. The van der Waals surface area contributed by atoms with Crippen molar-refractivity contribution in [2.45, 2.75) is 46.5 Å². The number of benzene rings is 3. The molecule has 3 aromatic carbocycles. The van der Waals surface area contributed by atoms with Gasteiger partial charge in [0.2, 0.25) is 0 Å². The van der Waals surface area contributed by atoms with Crippen LogP contribution in [0.3, 0.4) is 0 Å². The van der Waals surface area contributed by atoms with Gasteiger partial charge in [0.05, 0.1) is 43.1 Å². The van der Waals surface area contributed by atoms with Crippen molar-refractivity contribution in [2.75, 3.05) is 26.4 Å². The number of hydrogen-bond acceptors (Lipinski definition) is 12. The van der Waals surface area contributed by atoms with Gasteiger partial charge >= 0.3 is 29.8 Å². The summed E-state index contributed by atoms with van der Waals surface area (Å²) in [6, 6.07) is 18.7. The fourth-order valence-electron chi connectivity index (χ4n) is 4.20. The van der Waals surface area contributed by atoms with E-state index >= 15 is 0 Å². The molecule has 3 aromatic rings. The number of rotatable bonds is 22. The zero-order valence-electron chi connectivity index (χ0n) is 32.0. The average molecular weight is 769 g/mol. The van der Waals surface area contributed by atoms with Gasteiger partial charge in [-0.25, -0.2) is 24.0 Å². The highest BCUT2D eigenvalue weighted by Crippen LogP contribution is 2.19. The Hall–Kier alpha value is -6.69. The van der Waals surface area contributed by atoms with E-state index in [2.05, 4.69) is 19.7 Å². The lowest BCUT2D eigenvalue weighted by Crippen LogP contribution is -2.09. The van der Waals surface area contributed by atoms with Gasteiger partial charge in [-0.3, -0.25) is 0 Å². The molecule has 0 aliphatic rings. The number of hydrogen-bond donors (Lipinski definition) is 0. The minimum atomic E-state index is -0.654. The van der Waals surface area contributed by atoms with Gasteiger partial charge in [0, 0.05) is 12.2 Å². The minimum absolute atomic E-state index is 0.127. The average Bonchev–Trinajstić information content (AvgIpc) is 3.22. The number of allylic oxidation sites excluding steroid dienone is 4. The molecule has 0 aliphatic heterocycles. The summed E-state index contributed by atoms with van der Waals surface area (Å²) in [7, 11) is 0. The first kappa shape index (κ1) is 45.5. The first-order chi connectivity index (χ1) is 27.1. The molecule has 12 heteroatoms. The number of unbranched alkanes of at least 4 members (excludes halogenated alkanes) is 2. The highest BCUT2D eigenvalue weighted by Gasteiger charge is 2.13. The standard InChI is InChI=1S/C42H42O12.C2H6/c1-5-34(53-41(46)32-13-20-35(21-14-32)48-26-8-10-28-50-38(43)6-2)19-12-30(4)52-40(45)31-17-24-37(25-18-31)54-42(47)33-15-22-36(23-16-33)49-27-9-11-29-51-39(44)7-3;1-2/h5-7,12-25H,1-3,8-11,26-29H2,4H3;1-2H3/b30-12+,34-19+;. The Morgan fingerprint density at radius 1 is 0.500 bits per heavy atom. The zero-order valence-corrected chi connectivity index (χ0v) is 32.0. The molecular formula is C44H48O12. The predicted molar refractivity (Wildman–Crippen MR) is 210 cm³/mol. The van der Waals surface area contributed by atoms with Gasteiger partial charge in [-0.05, 0) is 124 Å². The van der Waals surface area contributed by atoms with Crippen molar-refractivity contribution in [1.82, 2.24) is 0 Å². The summed E-state index contributed by atoms with van der Waals surface area (Å²) >= 11 is 0. The summed E-state index contributed by atoms with van der Waals surface area (Å²) in [5.41, 5.74) is 0.799. The van der Waals surface area contributed by atoms with Crippen LogP contribution < -0.4 is 14.2 Å². The molecule has 0 fully saturated rings. The van der Waals surface area contributed by atoms with Crippen molar-refractivity contribution in [3.63, 3.8) is 0 Å². The van der Waals surface area contributed by atoms with E-state index in [1.54, 1.807) is 55.5 Å². The smallest absolute Gasteiger partial charge is 0.343 e. The molecule has 0 N–H and O–H groups in total. The van der Waals surface area contributed by atoms with E-state index in [0.29, 0.717) is 56.0 Å². The monoisotopic (exact) mass is 768 g/mol. The summed E-state index contributed by atoms with van der Waals surface area (Å²) in [5.74, 6) is -1.09. The first-order valence-corrected chi connectivity index (χ1v) is 17.9. The molecule has 0 aromatic heterocycles. The molecule has 3 rings (SSSR count). The third kappa shape index (κ3) is 17.4. The van der Waals surface area contributed by atoms with Crippen molar-refractivity contribution in [1.29, 1.82) is 0 Å². The maximum Gasteiger partial charge on any atom is 0.343 e. The highest BCUT2D eigenvalue weighted by atomic mass is 16.6. The molecule has 56 heavy (non-hydrogen) atoms. The van der Waals surface area contributed by atoms with Crippen molar-refractivity contribution in [2.24, 2.45) is 0 Å². The van der Waals surface area contributed by atoms with Crippen LogP contribution >= 0.6 is 0 Å². The van der Waals surface area contributed by atoms with Crippen LogP contribution in [-0.4, -0.2) is 56.3 Å². The molecule has 0 aliphatic carbocycles. The third-order valence-electron chi connectivity index (χ3n) is 7.07. The summed E-state index contributed by atoms with van der Waals surface area (Å²) < 4.78 is 37.3. The zero-order chi connectivity index (χ0) is 41.1. The maximum absolute atomic E-state index is 12.7. The van der Waals surface area contributed by atoms with E-state index in [4.69, 9.17) is 33.2 Å². The third-order valence-corrected chi connectivity index (χ3v) is 7.07. The topological polar surface area (TPSA) is 150 Å². The van der Waals surface area contributed by atoms with Crippen molar-refractivity contribution >= 4 is 29.8 Å². The molecule has 0 amide bonds. The van der Waals surface area contributed by atoms with E-state index in [1.807, 2.05) is 13.8 Å². The molecule has 0 radical (unpaired) electrons. The Bertz CT molecular complexity index is 1820. The highest BCUT2D eigenvalue weighted by molar-refractivity contribution is 5.92. The van der Waals surface area contributed by atoms with Crippen LogP contribution in [0.4, 0.5) is 0 Å². The summed E-state index contributed by atoms with van der Waals surface area (Å²) in [5, 5.41) is 0. The lowest BCUT2D eigenvalue weighted by Gasteiger charge is -2.09. The van der Waals surface area contributed by atoms with Crippen molar-refractivity contribution in [3.05, 3.63) is 151 Å². The molecule has 0 saturated carbocycles. The lowest BCUT2D eigenvalue weighted by molar-refractivity contribution is -0.138. The summed E-state index contributed by atoms with van der Waals surface area (Å²) in [6.07, 6.45) is 9.08. The molecule has 0 unspecified atom stereocenters. The Labute approximate surface area is 327 Å². The minimum Gasteiger partial charge on any atom is -0.494 e. The van der Waals surface area contributed by atoms with E-state index in [-0.39, 0.29) is 41.6 Å². The Morgan fingerprint density at radius 3 is 1.32 bits per heavy atom. The number of carbonyl (C=O) groups excluding carboxylic acids is 5.